The molecule has 2 unspecified atom stereocenters. The summed E-state index contributed by atoms with van der Waals surface area (Å²) >= 11 is 0. The highest BCUT2D eigenvalue weighted by Crippen LogP contribution is 2.11. The summed E-state index contributed by atoms with van der Waals surface area (Å²) in [4.78, 5) is 14.1. The first-order valence-electron chi connectivity index (χ1n) is 6.87. The van der Waals surface area contributed by atoms with Gasteiger partial charge in [-0.1, -0.05) is 0 Å². The average Bonchev–Trinajstić information content (AvgIpc) is 2.88. The quantitative estimate of drug-likeness (QED) is 0.750. The van der Waals surface area contributed by atoms with Crippen molar-refractivity contribution in [2.75, 3.05) is 13.1 Å². The summed E-state index contributed by atoms with van der Waals surface area (Å²) in [7, 11) is -3.74. The van der Waals surface area contributed by atoms with E-state index in [1.807, 2.05) is 11.8 Å². The van der Waals surface area contributed by atoms with E-state index >= 15 is 0 Å². The fourth-order valence-corrected chi connectivity index (χ4v) is 2.84. The lowest BCUT2D eigenvalue weighted by Gasteiger charge is -2.38. The van der Waals surface area contributed by atoms with E-state index in [1.165, 1.54) is 17.1 Å². The molecule has 2 heterocycles. The maximum atomic E-state index is 12.2. The van der Waals surface area contributed by atoms with Crippen molar-refractivity contribution < 1.29 is 13.2 Å². The van der Waals surface area contributed by atoms with E-state index in [-0.39, 0.29) is 29.3 Å². The molecule has 3 N–H and O–H groups in total. The molecule has 0 saturated carbocycles. The average molecular weight is 315 g/mol. The van der Waals surface area contributed by atoms with Crippen LogP contribution in [0, 0.1) is 0 Å². The Morgan fingerprint density at radius 2 is 2.24 bits per heavy atom. The van der Waals surface area contributed by atoms with Gasteiger partial charge >= 0.3 is 0 Å². The predicted octanol–water partition coefficient (Wildman–Crippen LogP) is -0.871. The number of carbonyl (C=O) groups is 1. The largest absolute Gasteiger partial charge is 0.337 e. The highest BCUT2D eigenvalue weighted by Gasteiger charge is 2.27. The van der Waals surface area contributed by atoms with Crippen LogP contribution in [0.25, 0.3) is 0 Å². The molecule has 118 valence electrons. The van der Waals surface area contributed by atoms with Crippen molar-refractivity contribution >= 4 is 15.9 Å². The lowest BCUT2D eigenvalue weighted by molar-refractivity contribution is -0.135. The van der Waals surface area contributed by atoms with Crippen LogP contribution in [0.3, 0.4) is 0 Å². The number of sulfonamides is 1. The summed E-state index contributed by atoms with van der Waals surface area (Å²) < 4.78 is 23.7. The minimum Gasteiger partial charge on any atom is -0.337 e. The summed E-state index contributed by atoms with van der Waals surface area (Å²) in [6.45, 7) is 5.87. The Kier molecular flexibility index (Phi) is 4.64. The highest BCUT2D eigenvalue weighted by atomic mass is 32.2. The van der Waals surface area contributed by atoms with Gasteiger partial charge in [-0.05, 0) is 13.8 Å². The Morgan fingerprint density at radius 3 is 2.86 bits per heavy atom. The number of hydrogen-bond donors (Lipinski definition) is 2. The monoisotopic (exact) mass is 315 g/mol. The number of piperazine rings is 1. The zero-order valence-corrected chi connectivity index (χ0v) is 13.0. The number of aryl methyl sites for hydroxylation is 1. The van der Waals surface area contributed by atoms with Crippen LogP contribution in [-0.2, 0) is 21.4 Å². The van der Waals surface area contributed by atoms with Crippen LogP contribution >= 0.6 is 0 Å². The molecule has 8 nitrogen and oxygen atoms in total. The van der Waals surface area contributed by atoms with Gasteiger partial charge < -0.3 is 10.2 Å². The molecule has 0 spiro atoms. The van der Waals surface area contributed by atoms with Gasteiger partial charge in [0, 0.05) is 44.3 Å². The molecule has 2 atom stereocenters. The number of aromatic nitrogens is 2. The van der Waals surface area contributed by atoms with Crippen LogP contribution < -0.4 is 10.5 Å². The van der Waals surface area contributed by atoms with Crippen LogP contribution in [-0.4, -0.2) is 54.2 Å². The normalized spacial score (nSPS) is 23.3. The van der Waals surface area contributed by atoms with Gasteiger partial charge in [0.1, 0.15) is 4.90 Å². The summed E-state index contributed by atoms with van der Waals surface area (Å²) in [5.41, 5.74) is 0. The van der Waals surface area contributed by atoms with E-state index in [4.69, 9.17) is 5.14 Å². The van der Waals surface area contributed by atoms with Crippen molar-refractivity contribution in [3.8, 4) is 0 Å². The molecular formula is C12H21N5O3S. The first-order valence-corrected chi connectivity index (χ1v) is 8.42. The van der Waals surface area contributed by atoms with E-state index in [9.17, 15) is 13.2 Å². The molecule has 1 fully saturated rings. The third kappa shape index (κ3) is 3.80. The summed E-state index contributed by atoms with van der Waals surface area (Å²) in [5, 5.41) is 12.2. The Bertz CT molecular complexity index is 612. The van der Waals surface area contributed by atoms with Crippen molar-refractivity contribution in [3.63, 3.8) is 0 Å². The van der Waals surface area contributed by atoms with Crippen LogP contribution in [0.4, 0.5) is 0 Å². The second kappa shape index (κ2) is 6.12. The number of nitrogens with one attached hydrogen (secondary N) is 1. The second-order valence-electron chi connectivity index (χ2n) is 5.30. The third-order valence-electron chi connectivity index (χ3n) is 3.85. The molecule has 1 aliphatic rings. The molecule has 9 heteroatoms. The van der Waals surface area contributed by atoms with Gasteiger partial charge in [0.2, 0.25) is 15.9 Å². The molecule has 2 rings (SSSR count). The zero-order valence-electron chi connectivity index (χ0n) is 12.2. The Morgan fingerprint density at radius 1 is 1.52 bits per heavy atom. The third-order valence-corrected chi connectivity index (χ3v) is 4.72. The predicted molar refractivity (Wildman–Crippen MR) is 76.9 cm³/mol. The molecule has 0 aromatic carbocycles. The zero-order chi connectivity index (χ0) is 15.6. The molecule has 1 saturated heterocycles. The van der Waals surface area contributed by atoms with Crippen molar-refractivity contribution in [1.82, 2.24) is 20.0 Å². The molecular weight excluding hydrogens is 294 g/mol. The molecule has 1 aliphatic heterocycles. The Hall–Kier alpha value is -1.45. The molecule has 1 aromatic rings. The standard InChI is InChI=1S/C12H21N5O3S/c1-9-10(2)17(6-4-14-9)12(18)3-5-16-8-11(7-15-16)21(13,19)20/h7-10,14H,3-6H2,1-2H3,(H2,13,19,20). The number of amides is 1. The van der Waals surface area contributed by atoms with Gasteiger partial charge in [-0.15, -0.1) is 0 Å². The lowest BCUT2D eigenvalue weighted by atomic mass is 10.1. The molecule has 0 aliphatic carbocycles. The van der Waals surface area contributed by atoms with E-state index < -0.39 is 10.0 Å². The first-order chi connectivity index (χ1) is 9.79. The summed E-state index contributed by atoms with van der Waals surface area (Å²) in [6, 6.07) is 0.408. The fraction of sp³-hybridized carbons (Fsp3) is 0.667. The van der Waals surface area contributed by atoms with Gasteiger partial charge in [0.05, 0.1) is 6.20 Å². The van der Waals surface area contributed by atoms with E-state index in [0.717, 1.165) is 6.54 Å². The van der Waals surface area contributed by atoms with Crippen LogP contribution in [0.15, 0.2) is 17.3 Å². The molecule has 1 amide bonds. The minimum absolute atomic E-state index is 0.0425. The van der Waals surface area contributed by atoms with Crippen LogP contribution in [0.1, 0.15) is 20.3 Å². The lowest BCUT2D eigenvalue weighted by Crippen LogP contribution is -2.57. The van der Waals surface area contributed by atoms with Gasteiger partial charge in [-0.25, -0.2) is 13.6 Å². The van der Waals surface area contributed by atoms with Crippen molar-refractivity contribution in [2.24, 2.45) is 5.14 Å². The Balaban J connectivity index is 1.93. The van der Waals surface area contributed by atoms with Gasteiger partial charge in [-0.2, -0.15) is 5.10 Å². The highest BCUT2D eigenvalue weighted by molar-refractivity contribution is 7.89. The van der Waals surface area contributed by atoms with E-state index in [2.05, 4.69) is 17.3 Å². The number of nitrogens with two attached hydrogens (primary N) is 1. The van der Waals surface area contributed by atoms with Crippen LogP contribution in [0.2, 0.25) is 0 Å². The summed E-state index contributed by atoms with van der Waals surface area (Å²) in [5.74, 6) is 0.0449. The molecule has 21 heavy (non-hydrogen) atoms. The van der Waals surface area contributed by atoms with Crippen LogP contribution in [0.5, 0.6) is 0 Å². The first kappa shape index (κ1) is 15.9. The maximum absolute atomic E-state index is 12.2. The van der Waals surface area contributed by atoms with Crippen molar-refractivity contribution in [3.05, 3.63) is 12.4 Å². The smallest absolute Gasteiger partial charge is 0.241 e. The van der Waals surface area contributed by atoms with Crippen molar-refractivity contribution in [1.29, 1.82) is 0 Å². The molecule has 0 radical (unpaired) electrons. The Labute approximate surface area is 124 Å². The van der Waals surface area contributed by atoms with Gasteiger partial charge in [0.15, 0.2) is 0 Å². The van der Waals surface area contributed by atoms with Gasteiger partial charge in [-0.3, -0.25) is 9.48 Å². The van der Waals surface area contributed by atoms with E-state index in [0.29, 0.717) is 13.1 Å². The van der Waals surface area contributed by atoms with Crippen molar-refractivity contribution in [2.45, 2.75) is 43.8 Å². The van der Waals surface area contributed by atoms with Gasteiger partial charge in [0.25, 0.3) is 0 Å². The number of nitrogens with zero attached hydrogens (tertiary/aromatic N) is 3. The number of rotatable bonds is 4. The SMILES string of the molecule is CC1NCCN(C(=O)CCn2cc(S(N)(=O)=O)cn2)C1C. The fourth-order valence-electron chi connectivity index (χ4n) is 2.38. The number of hydrogen-bond acceptors (Lipinski definition) is 5. The number of carbonyl (C=O) groups excluding carboxylic acids is 1. The van der Waals surface area contributed by atoms with E-state index in [1.54, 1.807) is 0 Å². The number of primary sulfonamides is 1. The second-order valence-corrected chi connectivity index (χ2v) is 6.87. The topological polar surface area (TPSA) is 110 Å². The molecule has 0 bridgehead atoms. The minimum atomic E-state index is -3.74. The molecule has 1 aromatic heterocycles. The summed E-state index contributed by atoms with van der Waals surface area (Å²) in [6.07, 6.45) is 2.81. The maximum Gasteiger partial charge on any atom is 0.241 e.